The number of aromatic hydroxyl groups is 1. The lowest BCUT2D eigenvalue weighted by atomic mass is 10.1. The molecule has 0 unspecified atom stereocenters. The predicted octanol–water partition coefficient (Wildman–Crippen LogP) is 2.10. The van der Waals surface area contributed by atoms with Gasteiger partial charge in [0.1, 0.15) is 5.75 Å². The molecule has 0 aliphatic rings. The second-order valence-corrected chi connectivity index (χ2v) is 7.36. The van der Waals surface area contributed by atoms with Gasteiger partial charge in [-0.05, 0) is 56.3 Å². The first-order chi connectivity index (χ1) is 11.2. The first kappa shape index (κ1) is 18.0. The lowest BCUT2D eigenvalue weighted by Crippen LogP contribution is -2.27. The Morgan fingerprint density at radius 2 is 1.88 bits per heavy atom. The van der Waals surface area contributed by atoms with Crippen LogP contribution in [0.3, 0.4) is 0 Å². The first-order valence-corrected chi connectivity index (χ1v) is 8.87. The summed E-state index contributed by atoms with van der Waals surface area (Å²) >= 11 is 0. The number of hydrogen-bond acceptors (Lipinski definition) is 4. The third kappa shape index (κ3) is 3.93. The minimum atomic E-state index is -3.54. The Bertz CT molecular complexity index is 863. The molecule has 24 heavy (non-hydrogen) atoms. The molecule has 3 N–H and O–H groups in total. The van der Waals surface area contributed by atoms with Crippen LogP contribution in [0.5, 0.6) is 5.75 Å². The molecule has 2 aromatic carbocycles. The molecule has 0 radical (unpaired) electrons. The molecule has 1 amide bonds. The van der Waals surface area contributed by atoms with Gasteiger partial charge in [0, 0.05) is 5.56 Å². The summed E-state index contributed by atoms with van der Waals surface area (Å²) in [5.41, 5.74) is 1.68. The van der Waals surface area contributed by atoms with Gasteiger partial charge in [-0.25, -0.2) is 13.1 Å². The zero-order chi connectivity index (χ0) is 17.9. The van der Waals surface area contributed by atoms with Gasteiger partial charge in [-0.15, -0.1) is 0 Å². The Labute approximate surface area is 141 Å². The van der Waals surface area contributed by atoms with Crippen LogP contribution in [0.4, 0.5) is 0 Å². The van der Waals surface area contributed by atoms with Crippen LogP contribution < -0.4 is 10.0 Å². The highest BCUT2D eigenvalue weighted by atomic mass is 32.2. The van der Waals surface area contributed by atoms with Gasteiger partial charge in [0.2, 0.25) is 10.0 Å². The highest BCUT2D eigenvalue weighted by Gasteiger charge is 2.16. The van der Waals surface area contributed by atoms with E-state index in [-0.39, 0.29) is 16.6 Å². The number of phenolic OH excluding ortho intramolecular Hbond substituents is 1. The summed E-state index contributed by atoms with van der Waals surface area (Å²) in [6.07, 6.45) is 0. The summed E-state index contributed by atoms with van der Waals surface area (Å²) < 4.78 is 26.0. The predicted molar refractivity (Wildman–Crippen MR) is 91.4 cm³/mol. The zero-order valence-corrected chi connectivity index (χ0v) is 14.5. The number of sulfonamides is 1. The van der Waals surface area contributed by atoms with Crippen molar-refractivity contribution in [3.8, 4) is 5.75 Å². The van der Waals surface area contributed by atoms with E-state index in [2.05, 4.69) is 10.0 Å². The minimum Gasteiger partial charge on any atom is -0.508 e. The van der Waals surface area contributed by atoms with Crippen molar-refractivity contribution in [1.82, 2.24) is 10.0 Å². The smallest absolute Gasteiger partial charge is 0.251 e. The SMILES string of the molecule is CNS(=O)(=O)c1cccc([C@H](C)NC(=O)c2ccc(C)c(O)c2)c1. The van der Waals surface area contributed by atoms with Gasteiger partial charge < -0.3 is 10.4 Å². The molecule has 0 spiro atoms. The van der Waals surface area contributed by atoms with Crippen molar-refractivity contribution in [2.45, 2.75) is 24.8 Å². The lowest BCUT2D eigenvalue weighted by molar-refractivity contribution is 0.0939. The van der Waals surface area contributed by atoms with Crippen LogP contribution in [-0.2, 0) is 10.0 Å². The topological polar surface area (TPSA) is 95.5 Å². The van der Waals surface area contributed by atoms with Crippen molar-refractivity contribution in [3.63, 3.8) is 0 Å². The number of benzene rings is 2. The van der Waals surface area contributed by atoms with E-state index in [9.17, 15) is 18.3 Å². The largest absolute Gasteiger partial charge is 0.508 e. The average molecular weight is 348 g/mol. The second kappa shape index (κ2) is 7.02. The van der Waals surface area contributed by atoms with E-state index in [1.165, 1.54) is 25.2 Å². The Morgan fingerprint density at radius 3 is 2.50 bits per heavy atom. The molecule has 2 rings (SSSR count). The molecule has 0 fully saturated rings. The molecule has 128 valence electrons. The van der Waals surface area contributed by atoms with Crippen LogP contribution in [0.2, 0.25) is 0 Å². The van der Waals surface area contributed by atoms with Crippen LogP contribution >= 0.6 is 0 Å². The molecule has 0 aliphatic carbocycles. The quantitative estimate of drug-likeness (QED) is 0.771. The van der Waals surface area contributed by atoms with Crippen molar-refractivity contribution in [3.05, 3.63) is 59.2 Å². The first-order valence-electron chi connectivity index (χ1n) is 7.38. The van der Waals surface area contributed by atoms with Crippen LogP contribution in [0.1, 0.15) is 34.5 Å². The maximum Gasteiger partial charge on any atom is 0.251 e. The molecular weight excluding hydrogens is 328 g/mol. The standard InChI is InChI=1S/C17H20N2O4S/c1-11-7-8-14(10-16(11)20)17(21)19-12(2)13-5-4-6-15(9-13)24(22,23)18-3/h4-10,12,18,20H,1-3H3,(H,19,21)/t12-/m0/s1. The fourth-order valence-corrected chi connectivity index (χ4v) is 2.97. The highest BCUT2D eigenvalue weighted by molar-refractivity contribution is 7.89. The van der Waals surface area contributed by atoms with Crippen LogP contribution in [0, 0.1) is 6.92 Å². The minimum absolute atomic E-state index is 0.0532. The molecule has 0 aliphatic heterocycles. The number of nitrogens with one attached hydrogen (secondary N) is 2. The molecule has 2 aromatic rings. The molecule has 0 saturated heterocycles. The highest BCUT2D eigenvalue weighted by Crippen LogP contribution is 2.20. The van der Waals surface area contributed by atoms with Gasteiger partial charge in [0.25, 0.3) is 5.91 Å². The van der Waals surface area contributed by atoms with Crippen LogP contribution in [0.15, 0.2) is 47.4 Å². The third-order valence-corrected chi connectivity index (χ3v) is 5.17. The number of amides is 1. The van der Waals surface area contributed by atoms with E-state index in [4.69, 9.17) is 0 Å². The van der Waals surface area contributed by atoms with Gasteiger partial charge in [-0.2, -0.15) is 0 Å². The number of carbonyl (C=O) groups excluding carboxylic acids is 1. The third-order valence-electron chi connectivity index (χ3n) is 3.76. The fraction of sp³-hybridized carbons (Fsp3) is 0.235. The van der Waals surface area contributed by atoms with E-state index >= 15 is 0 Å². The van der Waals surface area contributed by atoms with Crippen molar-refractivity contribution in [2.75, 3.05) is 7.05 Å². The Hall–Kier alpha value is -2.38. The van der Waals surface area contributed by atoms with E-state index < -0.39 is 16.1 Å². The molecule has 0 bridgehead atoms. The van der Waals surface area contributed by atoms with E-state index in [1.807, 2.05) is 0 Å². The van der Waals surface area contributed by atoms with E-state index in [1.54, 1.807) is 38.1 Å². The summed E-state index contributed by atoms with van der Waals surface area (Å²) in [6.45, 7) is 3.50. The number of aryl methyl sites for hydroxylation is 1. The molecule has 6 nitrogen and oxygen atoms in total. The van der Waals surface area contributed by atoms with Gasteiger partial charge in [0.05, 0.1) is 10.9 Å². The molecule has 0 saturated carbocycles. The maximum atomic E-state index is 12.3. The van der Waals surface area contributed by atoms with E-state index in [0.717, 1.165) is 0 Å². The van der Waals surface area contributed by atoms with Crippen molar-refractivity contribution >= 4 is 15.9 Å². The van der Waals surface area contributed by atoms with Gasteiger partial charge in [-0.3, -0.25) is 4.79 Å². The summed E-state index contributed by atoms with van der Waals surface area (Å²) in [6, 6.07) is 10.7. The lowest BCUT2D eigenvalue weighted by Gasteiger charge is -2.16. The Morgan fingerprint density at radius 1 is 1.17 bits per heavy atom. The van der Waals surface area contributed by atoms with E-state index in [0.29, 0.717) is 16.7 Å². The Kier molecular flexibility index (Phi) is 5.26. The normalized spacial score (nSPS) is 12.6. The fourth-order valence-electron chi connectivity index (χ4n) is 2.18. The van der Waals surface area contributed by atoms with Gasteiger partial charge >= 0.3 is 0 Å². The number of rotatable bonds is 5. The summed E-state index contributed by atoms with van der Waals surface area (Å²) in [4.78, 5) is 12.4. The maximum absolute atomic E-state index is 12.3. The van der Waals surface area contributed by atoms with Crippen molar-refractivity contribution < 1.29 is 18.3 Å². The average Bonchev–Trinajstić information content (AvgIpc) is 2.57. The van der Waals surface area contributed by atoms with Gasteiger partial charge in [-0.1, -0.05) is 18.2 Å². The Balaban J connectivity index is 2.20. The number of phenols is 1. The molecule has 1 atom stereocenters. The van der Waals surface area contributed by atoms with Gasteiger partial charge in [0.15, 0.2) is 0 Å². The zero-order valence-electron chi connectivity index (χ0n) is 13.7. The number of carbonyl (C=O) groups is 1. The summed E-state index contributed by atoms with van der Waals surface area (Å²) in [5, 5.41) is 12.5. The summed E-state index contributed by atoms with van der Waals surface area (Å²) in [5.74, 6) is -0.294. The molecule has 7 heteroatoms. The van der Waals surface area contributed by atoms with Crippen molar-refractivity contribution in [2.24, 2.45) is 0 Å². The monoisotopic (exact) mass is 348 g/mol. The second-order valence-electron chi connectivity index (χ2n) is 5.48. The van der Waals surface area contributed by atoms with Crippen LogP contribution in [0.25, 0.3) is 0 Å². The van der Waals surface area contributed by atoms with Crippen LogP contribution in [-0.4, -0.2) is 26.5 Å². The molecule has 0 aromatic heterocycles. The van der Waals surface area contributed by atoms with Crippen molar-refractivity contribution in [1.29, 1.82) is 0 Å². The molecular formula is C17H20N2O4S. The summed E-state index contributed by atoms with van der Waals surface area (Å²) in [7, 11) is -2.20. The number of hydrogen-bond donors (Lipinski definition) is 3. The molecule has 0 heterocycles.